The molecule has 0 aliphatic rings. The molecule has 0 saturated carbocycles. The molecule has 0 bridgehead atoms. The van der Waals surface area contributed by atoms with Crippen LogP contribution in [0.3, 0.4) is 0 Å². The number of rotatable bonds is 8. The van der Waals surface area contributed by atoms with Crippen LogP contribution in [0.1, 0.15) is 36.9 Å². The molecule has 4 heteroatoms. The summed E-state index contributed by atoms with van der Waals surface area (Å²) in [5, 5.41) is 5.57. The second kappa shape index (κ2) is 9.27. The molecule has 0 fully saturated rings. The van der Waals surface area contributed by atoms with Crippen molar-refractivity contribution in [3.8, 4) is 11.5 Å². The van der Waals surface area contributed by atoms with Gasteiger partial charge in [0.15, 0.2) is 11.5 Å². The smallest absolute Gasteiger partial charge is 0.220 e. The van der Waals surface area contributed by atoms with Gasteiger partial charge in [-0.15, -0.1) is 0 Å². The van der Waals surface area contributed by atoms with E-state index in [1.54, 1.807) is 14.2 Å². The van der Waals surface area contributed by atoms with Gasteiger partial charge in [-0.25, -0.2) is 0 Å². The van der Waals surface area contributed by atoms with Crippen LogP contribution in [0.5, 0.6) is 11.5 Å². The van der Waals surface area contributed by atoms with Crippen molar-refractivity contribution in [3.63, 3.8) is 0 Å². The summed E-state index contributed by atoms with van der Waals surface area (Å²) >= 11 is 0. The van der Waals surface area contributed by atoms with Gasteiger partial charge >= 0.3 is 0 Å². The zero-order valence-corrected chi connectivity index (χ0v) is 16.7. The Bertz CT molecular complexity index is 946. The average molecular weight is 377 g/mol. The van der Waals surface area contributed by atoms with Crippen molar-refractivity contribution in [3.05, 3.63) is 71.8 Å². The Balaban J connectivity index is 1.67. The third kappa shape index (κ3) is 4.45. The van der Waals surface area contributed by atoms with Gasteiger partial charge in [-0.05, 0) is 46.9 Å². The molecule has 1 amide bonds. The lowest BCUT2D eigenvalue weighted by molar-refractivity contribution is -0.121. The standard InChI is InChI=1S/C24H27NO3/c1-4-21(19-12-14-22(27-2)23(16-19)28-3)25-24(26)15-13-18-10-7-9-17-8-5-6-11-20(17)18/h5-12,14,16,21H,4,13,15H2,1-3H3,(H,25,26)/t21-/m0/s1. The van der Waals surface area contributed by atoms with Crippen LogP contribution in [0, 0.1) is 0 Å². The quantitative estimate of drug-likeness (QED) is 0.597. The molecular formula is C24H27NO3. The Kier molecular flexibility index (Phi) is 6.53. The fourth-order valence-corrected chi connectivity index (χ4v) is 3.52. The molecule has 28 heavy (non-hydrogen) atoms. The summed E-state index contributed by atoms with van der Waals surface area (Å²) in [7, 11) is 3.23. The van der Waals surface area contributed by atoms with Crippen molar-refractivity contribution in [2.45, 2.75) is 32.2 Å². The minimum absolute atomic E-state index is 0.0505. The number of carbonyl (C=O) groups is 1. The Hall–Kier alpha value is -3.01. The van der Waals surface area contributed by atoms with E-state index < -0.39 is 0 Å². The summed E-state index contributed by atoms with van der Waals surface area (Å²) in [4.78, 5) is 12.6. The van der Waals surface area contributed by atoms with E-state index in [-0.39, 0.29) is 11.9 Å². The Labute approximate surface area is 166 Å². The second-order valence-corrected chi connectivity index (χ2v) is 6.78. The third-order valence-corrected chi connectivity index (χ3v) is 5.05. The molecule has 1 N–H and O–H groups in total. The molecule has 0 aromatic heterocycles. The van der Waals surface area contributed by atoms with Gasteiger partial charge in [-0.3, -0.25) is 4.79 Å². The fraction of sp³-hybridized carbons (Fsp3) is 0.292. The highest BCUT2D eigenvalue weighted by Gasteiger charge is 2.15. The van der Waals surface area contributed by atoms with Gasteiger partial charge in [-0.2, -0.15) is 0 Å². The number of amides is 1. The molecule has 146 valence electrons. The van der Waals surface area contributed by atoms with E-state index in [4.69, 9.17) is 9.47 Å². The summed E-state index contributed by atoms with van der Waals surface area (Å²) < 4.78 is 10.7. The Morgan fingerprint density at radius 2 is 1.71 bits per heavy atom. The van der Waals surface area contributed by atoms with Gasteiger partial charge in [0, 0.05) is 6.42 Å². The van der Waals surface area contributed by atoms with Crippen LogP contribution < -0.4 is 14.8 Å². The van der Waals surface area contributed by atoms with E-state index in [9.17, 15) is 4.79 Å². The highest BCUT2D eigenvalue weighted by molar-refractivity contribution is 5.86. The van der Waals surface area contributed by atoms with Gasteiger partial charge < -0.3 is 14.8 Å². The maximum Gasteiger partial charge on any atom is 0.220 e. The fourth-order valence-electron chi connectivity index (χ4n) is 3.52. The van der Waals surface area contributed by atoms with Crippen LogP contribution in [0.2, 0.25) is 0 Å². The zero-order valence-electron chi connectivity index (χ0n) is 16.7. The van der Waals surface area contributed by atoms with Crippen molar-refractivity contribution in [1.29, 1.82) is 0 Å². The number of hydrogen-bond donors (Lipinski definition) is 1. The zero-order chi connectivity index (χ0) is 19.9. The van der Waals surface area contributed by atoms with Crippen LogP contribution in [0.4, 0.5) is 0 Å². The van der Waals surface area contributed by atoms with Crippen molar-refractivity contribution in [2.75, 3.05) is 14.2 Å². The van der Waals surface area contributed by atoms with Crippen LogP contribution in [0.25, 0.3) is 10.8 Å². The number of methoxy groups -OCH3 is 2. The van der Waals surface area contributed by atoms with Gasteiger partial charge in [-0.1, -0.05) is 55.5 Å². The lowest BCUT2D eigenvalue weighted by atomic mass is 10.00. The number of aryl methyl sites for hydroxylation is 1. The molecule has 1 atom stereocenters. The summed E-state index contributed by atoms with van der Waals surface area (Å²) in [6, 6.07) is 20.3. The van der Waals surface area contributed by atoms with Crippen LogP contribution in [0.15, 0.2) is 60.7 Å². The lowest BCUT2D eigenvalue weighted by Crippen LogP contribution is -2.28. The van der Waals surface area contributed by atoms with Crippen molar-refractivity contribution >= 4 is 16.7 Å². The van der Waals surface area contributed by atoms with Crippen molar-refractivity contribution in [2.24, 2.45) is 0 Å². The van der Waals surface area contributed by atoms with Crippen LogP contribution >= 0.6 is 0 Å². The minimum Gasteiger partial charge on any atom is -0.493 e. The summed E-state index contributed by atoms with van der Waals surface area (Å²) in [5.74, 6) is 1.40. The van der Waals surface area contributed by atoms with E-state index >= 15 is 0 Å². The first-order valence-electron chi connectivity index (χ1n) is 9.64. The SMILES string of the molecule is CC[C@H](NC(=O)CCc1cccc2ccccc12)c1ccc(OC)c(OC)c1. The highest BCUT2D eigenvalue weighted by atomic mass is 16.5. The Morgan fingerprint density at radius 1 is 0.964 bits per heavy atom. The topological polar surface area (TPSA) is 47.6 Å². The molecule has 0 radical (unpaired) electrons. The number of carbonyl (C=O) groups excluding carboxylic acids is 1. The molecule has 0 unspecified atom stereocenters. The molecule has 0 aliphatic heterocycles. The molecule has 3 aromatic carbocycles. The molecule has 4 nitrogen and oxygen atoms in total. The molecule has 0 aliphatic carbocycles. The van der Waals surface area contributed by atoms with E-state index in [2.05, 4.69) is 36.5 Å². The lowest BCUT2D eigenvalue weighted by Gasteiger charge is -2.19. The van der Waals surface area contributed by atoms with Gasteiger partial charge in [0.2, 0.25) is 5.91 Å². The monoisotopic (exact) mass is 377 g/mol. The number of nitrogens with one attached hydrogen (secondary N) is 1. The molecular weight excluding hydrogens is 350 g/mol. The highest BCUT2D eigenvalue weighted by Crippen LogP contribution is 2.31. The maximum atomic E-state index is 12.6. The largest absolute Gasteiger partial charge is 0.493 e. The third-order valence-electron chi connectivity index (χ3n) is 5.05. The number of fused-ring (bicyclic) bond motifs is 1. The normalized spacial score (nSPS) is 11.8. The average Bonchev–Trinajstić information content (AvgIpc) is 2.75. The summed E-state index contributed by atoms with van der Waals surface area (Å²) in [6.07, 6.45) is 1.98. The maximum absolute atomic E-state index is 12.6. The predicted octanol–water partition coefficient (Wildman–Crippen LogP) is 5.06. The van der Waals surface area contributed by atoms with E-state index in [0.29, 0.717) is 17.9 Å². The molecule has 0 heterocycles. The number of benzene rings is 3. The molecule has 0 spiro atoms. The van der Waals surface area contributed by atoms with Gasteiger partial charge in [0.1, 0.15) is 0 Å². The van der Waals surface area contributed by atoms with Crippen molar-refractivity contribution in [1.82, 2.24) is 5.32 Å². The van der Waals surface area contributed by atoms with E-state index in [1.807, 2.05) is 36.4 Å². The molecule has 3 aromatic rings. The van der Waals surface area contributed by atoms with Crippen LogP contribution in [-0.2, 0) is 11.2 Å². The predicted molar refractivity (Wildman–Crippen MR) is 113 cm³/mol. The molecule has 3 rings (SSSR count). The minimum atomic E-state index is -0.0557. The van der Waals surface area contributed by atoms with Crippen LogP contribution in [-0.4, -0.2) is 20.1 Å². The Morgan fingerprint density at radius 3 is 2.46 bits per heavy atom. The van der Waals surface area contributed by atoms with Gasteiger partial charge in [0.05, 0.1) is 20.3 Å². The van der Waals surface area contributed by atoms with Crippen molar-refractivity contribution < 1.29 is 14.3 Å². The second-order valence-electron chi connectivity index (χ2n) is 6.78. The first kappa shape index (κ1) is 19.7. The number of ether oxygens (including phenoxy) is 2. The summed E-state index contributed by atoms with van der Waals surface area (Å²) in [6.45, 7) is 2.06. The number of hydrogen-bond acceptors (Lipinski definition) is 3. The van der Waals surface area contributed by atoms with E-state index in [0.717, 1.165) is 18.4 Å². The first-order valence-corrected chi connectivity index (χ1v) is 9.64. The molecule has 0 saturated heterocycles. The first-order chi connectivity index (χ1) is 13.7. The van der Waals surface area contributed by atoms with Gasteiger partial charge in [0.25, 0.3) is 0 Å². The summed E-state index contributed by atoms with van der Waals surface area (Å²) in [5.41, 5.74) is 2.21. The van der Waals surface area contributed by atoms with E-state index in [1.165, 1.54) is 16.3 Å².